The maximum Gasteiger partial charge on any atom is 0.246 e. The lowest BCUT2D eigenvalue weighted by Crippen LogP contribution is -2.31. The average Bonchev–Trinajstić information content (AvgIpc) is 2.66. The second kappa shape index (κ2) is 19.4. The van der Waals surface area contributed by atoms with Gasteiger partial charge in [0.15, 0.2) is 5.78 Å². The Hall–Kier alpha value is -0.940. The molecule has 0 saturated carbocycles. The largest absolute Gasteiger partial charge is 0.371 e. The third-order valence-corrected chi connectivity index (χ3v) is 5.87. The Bertz CT molecular complexity index is 479. The zero-order valence-electron chi connectivity index (χ0n) is 17.3. The Kier molecular flexibility index (Phi) is 18.7. The van der Waals surface area contributed by atoms with Crippen molar-refractivity contribution in [1.29, 1.82) is 0 Å². The van der Waals surface area contributed by atoms with E-state index >= 15 is 0 Å². The first-order chi connectivity index (χ1) is 13.5. The van der Waals surface area contributed by atoms with Crippen molar-refractivity contribution < 1.29 is 19.1 Å². The van der Waals surface area contributed by atoms with Crippen LogP contribution >= 0.6 is 23.5 Å². The van der Waals surface area contributed by atoms with Crippen LogP contribution in [0.4, 0.5) is 0 Å². The van der Waals surface area contributed by atoms with Gasteiger partial charge in [0.2, 0.25) is 5.91 Å². The van der Waals surface area contributed by atoms with Crippen LogP contribution in [0.3, 0.4) is 0 Å². The summed E-state index contributed by atoms with van der Waals surface area (Å²) in [4.78, 5) is 30.8. The lowest BCUT2D eigenvalue weighted by Gasteiger charge is -2.20. The van der Waals surface area contributed by atoms with E-state index in [0.717, 1.165) is 18.1 Å². The van der Waals surface area contributed by atoms with Gasteiger partial charge in [-0.3, -0.25) is 19.6 Å². The second-order valence-electron chi connectivity index (χ2n) is 5.75. The van der Waals surface area contributed by atoms with Gasteiger partial charge in [-0.25, -0.2) is 0 Å². The molecule has 0 fully saturated rings. The summed E-state index contributed by atoms with van der Waals surface area (Å²) in [7, 11) is 5.49. The quantitative estimate of drug-likeness (QED) is 0.240. The molecule has 2 unspecified atom stereocenters. The highest BCUT2D eigenvalue weighted by molar-refractivity contribution is 8.04. The molecule has 0 radical (unpaired) electrons. The summed E-state index contributed by atoms with van der Waals surface area (Å²) in [5.41, 5.74) is 0. The van der Waals surface area contributed by atoms with Gasteiger partial charge in [-0.15, -0.1) is 23.5 Å². The molecule has 2 N–H and O–H groups in total. The number of thioether (sulfide) groups is 2. The number of carbonyl (C=O) groups excluding carboxylic acids is 2. The van der Waals surface area contributed by atoms with Crippen LogP contribution in [0.2, 0.25) is 0 Å². The third-order valence-electron chi connectivity index (χ3n) is 3.22. The fraction of sp³-hybridized carbons (Fsp3) is 0.778. The molecule has 28 heavy (non-hydrogen) atoms. The number of rotatable bonds is 18. The van der Waals surface area contributed by atoms with Crippen molar-refractivity contribution in [3.05, 3.63) is 0 Å². The molecule has 0 aliphatic heterocycles. The summed E-state index contributed by atoms with van der Waals surface area (Å²) in [6.07, 6.45) is 3.90. The van der Waals surface area contributed by atoms with E-state index in [1.807, 2.05) is 31.2 Å². The van der Waals surface area contributed by atoms with Gasteiger partial charge in [-0.2, -0.15) is 0 Å². The Labute approximate surface area is 177 Å². The van der Waals surface area contributed by atoms with E-state index in [4.69, 9.17) is 9.47 Å². The van der Waals surface area contributed by atoms with Crippen LogP contribution in [0.5, 0.6) is 0 Å². The van der Waals surface area contributed by atoms with Crippen LogP contribution in [0.25, 0.3) is 0 Å². The van der Waals surface area contributed by atoms with Crippen molar-refractivity contribution in [3.63, 3.8) is 0 Å². The van der Waals surface area contributed by atoms with Crippen LogP contribution in [0.15, 0.2) is 9.98 Å². The number of aliphatic imine (C=N–C) groups is 2. The molecule has 0 heterocycles. The molecular formula is C18H34N4O4S2. The number of nitrogens with one attached hydrogen (secondary N) is 2. The van der Waals surface area contributed by atoms with Crippen LogP contribution in [0, 0.1) is 0 Å². The molecule has 0 aliphatic rings. The lowest BCUT2D eigenvalue weighted by molar-refractivity contribution is -0.127. The van der Waals surface area contributed by atoms with E-state index in [9.17, 15) is 9.59 Å². The van der Waals surface area contributed by atoms with Crippen molar-refractivity contribution in [2.75, 3.05) is 72.2 Å². The summed E-state index contributed by atoms with van der Waals surface area (Å²) < 4.78 is 10.3. The number of carbonyl (C=O) groups is 2. The SMILES string of the molecule is C/N=C\C(SCCNC)C(/C=N\C)SCCNC(=O)COCCOCC(C)=O. The van der Waals surface area contributed by atoms with Crippen molar-refractivity contribution >= 4 is 47.6 Å². The lowest BCUT2D eigenvalue weighted by atomic mass is 10.3. The maximum atomic E-state index is 11.8. The summed E-state index contributed by atoms with van der Waals surface area (Å²) in [6, 6.07) is 0. The number of amides is 1. The van der Waals surface area contributed by atoms with Gasteiger partial charge in [-0.05, 0) is 14.0 Å². The van der Waals surface area contributed by atoms with Crippen LogP contribution in [-0.2, 0) is 19.1 Å². The van der Waals surface area contributed by atoms with Crippen molar-refractivity contribution in [2.45, 2.75) is 17.4 Å². The monoisotopic (exact) mass is 434 g/mol. The minimum atomic E-state index is -0.164. The molecule has 0 aromatic rings. The molecule has 0 spiro atoms. The number of ketones is 1. The topological polar surface area (TPSA) is 101 Å². The zero-order chi connectivity index (χ0) is 21.0. The standard InChI is InChI=1S/C18H34N4O4S2/c1-15(23)13-25-7-8-26-14-18(24)22-6-10-28-17(12-21-4)16(11-20-3)27-9-5-19-2/h11-12,16-17,19H,5-10,13-14H2,1-4H3,(H,22,24)/b20-11-,21-12-. The summed E-state index contributed by atoms with van der Waals surface area (Å²) in [5.74, 6) is 1.56. The van der Waals surface area contributed by atoms with Gasteiger partial charge in [0.25, 0.3) is 0 Å². The number of hydrogen-bond donors (Lipinski definition) is 2. The van der Waals surface area contributed by atoms with Crippen molar-refractivity contribution in [1.82, 2.24) is 10.6 Å². The third kappa shape index (κ3) is 16.1. The first-order valence-electron chi connectivity index (χ1n) is 9.19. The first kappa shape index (κ1) is 27.1. The summed E-state index contributed by atoms with van der Waals surface area (Å²) in [5, 5.41) is 6.42. The summed E-state index contributed by atoms with van der Waals surface area (Å²) in [6.45, 7) is 3.60. The predicted molar refractivity (Wildman–Crippen MR) is 121 cm³/mol. The molecule has 0 aromatic heterocycles. The smallest absolute Gasteiger partial charge is 0.246 e. The second-order valence-corrected chi connectivity index (χ2v) is 8.32. The van der Waals surface area contributed by atoms with Crippen LogP contribution < -0.4 is 10.6 Å². The fourth-order valence-corrected chi connectivity index (χ4v) is 4.46. The highest BCUT2D eigenvalue weighted by Gasteiger charge is 2.19. The maximum absolute atomic E-state index is 11.8. The predicted octanol–water partition coefficient (Wildman–Crippen LogP) is 0.549. The van der Waals surface area contributed by atoms with E-state index < -0.39 is 0 Å². The number of Topliss-reactive ketones (excluding diaryl/α,β-unsaturated/α-hetero) is 1. The van der Waals surface area contributed by atoms with E-state index in [1.165, 1.54) is 6.92 Å². The average molecular weight is 435 g/mol. The Morgan fingerprint density at radius 2 is 1.50 bits per heavy atom. The number of nitrogens with zero attached hydrogens (tertiary/aromatic N) is 2. The van der Waals surface area contributed by atoms with E-state index in [2.05, 4.69) is 20.6 Å². The molecule has 8 nitrogen and oxygen atoms in total. The van der Waals surface area contributed by atoms with Gasteiger partial charge in [0, 0.05) is 51.1 Å². The van der Waals surface area contributed by atoms with Gasteiger partial charge < -0.3 is 20.1 Å². The van der Waals surface area contributed by atoms with Crippen molar-refractivity contribution in [3.8, 4) is 0 Å². The molecule has 1 amide bonds. The highest BCUT2D eigenvalue weighted by Crippen LogP contribution is 2.22. The molecule has 0 rings (SSSR count). The van der Waals surface area contributed by atoms with Gasteiger partial charge in [-0.1, -0.05) is 0 Å². The minimum Gasteiger partial charge on any atom is -0.371 e. The Balaban J connectivity index is 4.06. The number of ether oxygens (including phenoxy) is 2. The molecule has 2 atom stereocenters. The number of hydrogen-bond acceptors (Lipinski definition) is 9. The molecule has 0 bridgehead atoms. The zero-order valence-corrected chi connectivity index (χ0v) is 18.9. The molecule has 0 aliphatic carbocycles. The Morgan fingerprint density at radius 1 is 0.964 bits per heavy atom. The van der Waals surface area contributed by atoms with Gasteiger partial charge in [0.05, 0.1) is 23.7 Å². The molecular weight excluding hydrogens is 400 g/mol. The van der Waals surface area contributed by atoms with E-state index in [0.29, 0.717) is 13.2 Å². The Morgan fingerprint density at radius 3 is 2.00 bits per heavy atom. The normalized spacial score (nSPS) is 13.9. The van der Waals surface area contributed by atoms with Crippen LogP contribution in [0.1, 0.15) is 6.92 Å². The van der Waals surface area contributed by atoms with Gasteiger partial charge >= 0.3 is 0 Å². The highest BCUT2D eigenvalue weighted by atomic mass is 32.2. The molecule has 162 valence electrons. The molecule has 0 aromatic carbocycles. The fourth-order valence-electron chi connectivity index (χ4n) is 1.97. The first-order valence-corrected chi connectivity index (χ1v) is 11.3. The summed E-state index contributed by atoms with van der Waals surface area (Å²) >= 11 is 3.58. The minimum absolute atomic E-state index is 0.0149. The van der Waals surface area contributed by atoms with E-state index in [-0.39, 0.29) is 42.0 Å². The van der Waals surface area contributed by atoms with Gasteiger partial charge in [0.1, 0.15) is 13.2 Å². The van der Waals surface area contributed by atoms with Crippen molar-refractivity contribution in [2.24, 2.45) is 9.98 Å². The molecule has 10 heteroatoms. The molecule has 0 saturated heterocycles. The van der Waals surface area contributed by atoms with Crippen LogP contribution in [-0.4, -0.2) is 107 Å². The van der Waals surface area contributed by atoms with E-state index in [1.54, 1.807) is 25.9 Å².